The second-order valence-electron chi connectivity index (χ2n) is 4.15. The van der Waals surface area contributed by atoms with Crippen LogP contribution in [0.15, 0.2) is 42.6 Å². The van der Waals surface area contributed by atoms with Crippen LogP contribution in [0.5, 0.6) is 0 Å². The van der Waals surface area contributed by atoms with Gasteiger partial charge in [-0.15, -0.1) is 0 Å². The van der Waals surface area contributed by atoms with E-state index < -0.39 is 4.92 Å². The minimum Gasteiger partial charge on any atom is -0.300 e. The molecule has 5 nitrogen and oxygen atoms in total. The third-order valence-corrected chi connectivity index (χ3v) is 2.71. The van der Waals surface area contributed by atoms with Crippen LogP contribution in [0.4, 0.5) is 5.69 Å². The fourth-order valence-electron chi connectivity index (χ4n) is 1.94. The van der Waals surface area contributed by atoms with Crippen LogP contribution < -0.4 is 0 Å². The smallest absolute Gasteiger partial charge is 0.273 e. The molecule has 0 aliphatic rings. The van der Waals surface area contributed by atoms with E-state index in [0.29, 0.717) is 16.8 Å². The Morgan fingerprint density at radius 1 is 1.26 bits per heavy atom. The summed E-state index contributed by atoms with van der Waals surface area (Å²) in [6.45, 7) is 1.42. The molecular weight excluding hydrogens is 244 g/mol. The molecule has 0 unspecified atom stereocenters. The molecule has 0 atom stereocenters. The predicted molar refractivity (Wildman–Crippen MR) is 70.7 cm³/mol. The lowest BCUT2D eigenvalue weighted by Gasteiger charge is -2.08. The van der Waals surface area contributed by atoms with Gasteiger partial charge >= 0.3 is 0 Å². The zero-order chi connectivity index (χ0) is 13.8. The lowest BCUT2D eigenvalue weighted by Crippen LogP contribution is -2.04. The molecule has 0 bridgehead atoms. The monoisotopic (exact) mass is 256 g/mol. The standard InChI is InChI=1S/C14H12N2O3/c1-10(17)9-12-11(13-6-2-3-8-15-13)5-4-7-14(12)16(18)19/h2-8H,9H2,1H3. The summed E-state index contributed by atoms with van der Waals surface area (Å²) >= 11 is 0. The summed E-state index contributed by atoms with van der Waals surface area (Å²) in [6.07, 6.45) is 1.65. The van der Waals surface area contributed by atoms with Crippen molar-refractivity contribution in [2.45, 2.75) is 13.3 Å². The molecule has 0 fully saturated rings. The number of hydrogen-bond acceptors (Lipinski definition) is 4. The molecule has 0 saturated carbocycles. The Kier molecular flexibility index (Phi) is 3.66. The van der Waals surface area contributed by atoms with Crippen LogP contribution in [-0.2, 0) is 11.2 Å². The highest BCUT2D eigenvalue weighted by atomic mass is 16.6. The number of nitro groups is 1. The second-order valence-corrected chi connectivity index (χ2v) is 4.15. The normalized spacial score (nSPS) is 10.2. The van der Waals surface area contributed by atoms with Gasteiger partial charge in [0, 0.05) is 29.8 Å². The quantitative estimate of drug-likeness (QED) is 0.622. The van der Waals surface area contributed by atoms with Crippen LogP contribution in [0.25, 0.3) is 11.3 Å². The Labute approximate surface area is 110 Å². The maximum atomic E-state index is 11.3. The lowest BCUT2D eigenvalue weighted by molar-refractivity contribution is -0.385. The fourth-order valence-corrected chi connectivity index (χ4v) is 1.94. The third kappa shape index (κ3) is 2.82. The third-order valence-electron chi connectivity index (χ3n) is 2.71. The predicted octanol–water partition coefficient (Wildman–Crippen LogP) is 2.79. The highest BCUT2D eigenvalue weighted by Gasteiger charge is 2.19. The van der Waals surface area contributed by atoms with Gasteiger partial charge < -0.3 is 0 Å². The van der Waals surface area contributed by atoms with E-state index in [1.807, 2.05) is 0 Å². The van der Waals surface area contributed by atoms with Gasteiger partial charge in [-0.25, -0.2) is 0 Å². The number of carbonyl (C=O) groups excluding carboxylic acids is 1. The number of aromatic nitrogens is 1. The Morgan fingerprint density at radius 2 is 2.05 bits per heavy atom. The molecule has 0 radical (unpaired) electrons. The highest BCUT2D eigenvalue weighted by molar-refractivity contribution is 5.83. The molecular formula is C14H12N2O3. The number of hydrogen-bond donors (Lipinski definition) is 0. The zero-order valence-corrected chi connectivity index (χ0v) is 10.4. The fraction of sp³-hybridized carbons (Fsp3) is 0.143. The van der Waals surface area contributed by atoms with E-state index >= 15 is 0 Å². The summed E-state index contributed by atoms with van der Waals surface area (Å²) in [5.74, 6) is -0.119. The number of Topliss-reactive ketones (excluding diaryl/α,β-unsaturated/α-hetero) is 1. The van der Waals surface area contributed by atoms with E-state index in [2.05, 4.69) is 4.98 Å². The first-order chi connectivity index (χ1) is 9.09. The first-order valence-corrected chi connectivity index (χ1v) is 5.76. The van der Waals surface area contributed by atoms with E-state index in [0.717, 1.165) is 0 Å². The van der Waals surface area contributed by atoms with Gasteiger partial charge in [0.2, 0.25) is 0 Å². The maximum Gasteiger partial charge on any atom is 0.273 e. The van der Waals surface area contributed by atoms with Crippen molar-refractivity contribution in [1.82, 2.24) is 4.98 Å². The van der Waals surface area contributed by atoms with E-state index in [-0.39, 0.29) is 17.9 Å². The van der Waals surface area contributed by atoms with Gasteiger partial charge in [0.25, 0.3) is 5.69 Å². The van der Waals surface area contributed by atoms with Gasteiger partial charge in [0.1, 0.15) is 5.78 Å². The van der Waals surface area contributed by atoms with Crippen LogP contribution in [0, 0.1) is 10.1 Å². The van der Waals surface area contributed by atoms with Crippen LogP contribution in [0.2, 0.25) is 0 Å². The first kappa shape index (κ1) is 12.9. The number of rotatable bonds is 4. The van der Waals surface area contributed by atoms with Gasteiger partial charge in [-0.05, 0) is 19.1 Å². The molecule has 1 aromatic carbocycles. The zero-order valence-electron chi connectivity index (χ0n) is 10.4. The molecule has 5 heteroatoms. The number of pyridine rings is 1. The summed E-state index contributed by atoms with van der Waals surface area (Å²) in [5, 5.41) is 11.1. The Morgan fingerprint density at radius 3 is 2.63 bits per heavy atom. The Bertz CT molecular complexity index is 624. The Hall–Kier alpha value is -2.56. The van der Waals surface area contributed by atoms with E-state index in [1.165, 1.54) is 13.0 Å². The molecule has 2 aromatic rings. The molecule has 0 aliphatic heterocycles. The number of nitro benzene ring substituents is 1. The SMILES string of the molecule is CC(=O)Cc1c(-c2ccccn2)cccc1[N+](=O)[O-]. The topological polar surface area (TPSA) is 73.1 Å². The number of nitrogens with zero attached hydrogens (tertiary/aromatic N) is 2. The van der Waals surface area contributed by atoms with Crippen molar-refractivity contribution in [2.24, 2.45) is 0 Å². The van der Waals surface area contributed by atoms with Crippen molar-refractivity contribution in [3.05, 3.63) is 58.3 Å². The van der Waals surface area contributed by atoms with Gasteiger partial charge in [-0.1, -0.05) is 18.2 Å². The van der Waals surface area contributed by atoms with E-state index in [1.54, 1.807) is 36.5 Å². The van der Waals surface area contributed by atoms with Gasteiger partial charge in [-0.2, -0.15) is 0 Å². The molecule has 1 heterocycles. The van der Waals surface area contributed by atoms with Gasteiger partial charge in [-0.3, -0.25) is 19.9 Å². The maximum absolute atomic E-state index is 11.3. The minimum absolute atomic E-state index is 0.0308. The van der Waals surface area contributed by atoms with Crippen molar-refractivity contribution < 1.29 is 9.72 Å². The van der Waals surface area contributed by atoms with E-state index in [9.17, 15) is 14.9 Å². The van der Waals surface area contributed by atoms with Gasteiger partial charge in [0.15, 0.2) is 0 Å². The molecule has 0 aliphatic carbocycles. The van der Waals surface area contributed by atoms with Crippen LogP contribution in [0.3, 0.4) is 0 Å². The van der Waals surface area contributed by atoms with Crippen molar-refractivity contribution in [1.29, 1.82) is 0 Å². The molecule has 1 aromatic heterocycles. The van der Waals surface area contributed by atoms with Crippen molar-refractivity contribution in [3.8, 4) is 11.3 Å². The summed E-state index contributed by atoms with van der Waals surface area (Å²) < 4.78 is 0. The van der Waals surface area contributed by atoms with Crippen molar-refractivity contribution >= 4 is 11.5 Å². The summed E-state index contributed by atoms with van der Waals surface area (Å²) in [6, 6.07) is 10.1. The Balaban J connectivity index is 2.63. The molecule has 19 heavy (non-hydrogen) atoms. The molecule has 0 N–H and O–H groups in total. The van der Waals surface area contributed by atoms with Crippen molar-refractivity contribution in [3.63, 3.8) is 0 Å². The number of ketones is 1. The molecule has 96 valence electrons. The second kappa shape index (κ2) is 5.39. The lowest BCUT2D eigenvalue weighted by atomic mass is 9.98. The average Bonchev–Trinajstić information content (AvgIpc) is 2.39. The largest absolute Gasteiger partial charge is 0.300 e. The molecule has 0 amide bonds. The van der Waals surface area contributed by atoms with Crippen LogP contribution in [0.1, 0.15) is 12.5 Å². The minimum atomic E-state index is -0.468. The summed E-state index contributed by atoms with van der Waals surface area (Å²) in [7, 11) is 0. The van der Waals surface area contributed by atoms with Crippen LogP contribution in [-0.4, -0.2) is 15.7 Å². The highest BCUT2D eigenvalue weighted by Crippen LogP contribution is 2.29. The summed E-state index contributed by atoms with van der Waals surface area (Å²) in [5.41, 5.74) is 1.63. The van der Waals surface area contributed by atoms with Crippen molar-refractivity contribution in [2.75, 3.05) is 0 Å². The molecule has 2 rings (SSSR count). The molecule has 0 spiro atoms. The van der Waals surface area contributed by atoms with E-state index in [4.69, 9.17) is 0 Å². The number of carbonyl (C=O) groups is 1. The first-order valence-electron chi connectivity index (χ1n) is 5.76. The molecule has 0 saturated heterocycles. The number of benzene rings is 1. The van der Waals surface area contributed by atoms with Gasteiger partial charge in [0.05, 0.1) is 10.6 Å². The summed E-state index contributed by atoms with van der Waals surface area (Å²) in [4.78, 5) is 26.1. The average molecular weight is 256 g/mol. The van der Waals surface area contributed by atoms with Crippen LogP contribution >= 0.6 is 0 Å².